The Morgan fingerprint density at radius 1 is 1.38 bits per heavy atom. The normalized spacial score (nSPS) is 12.4. The Kier molecular flexibility index (Phi) is 3.49. The van der Waals surface area contributed by atoms with E-state index in [-0.39, 0.29) is 6.61 Å². The molecular weight excluding hydrogens is 228 g/mol. The van der Waals surface area contributed by atoms with E-state index in [1.165, 1.54) is 12.5 Å². The Morgan fingerprint density at radius 2 is 2.25 bits per heavy atom. The third-order valence-electron chi connectivity index (χ3n) is 2.13. The van der Waals surface area contributed by atoms with Crippen LogP contribution in [0.25, 0.3) is 0 Å². The van der Waals surface area contributed by atoms with Crippen LogP contribution < -0.4 is 4.74 Å². The summed E-state index contributed by atoms with van der Waals surface area (Å²) < 4.78 is 10.3. The van der Waals surface area contributed by atoms with Gasteiger partial charge in [0, 0.05) is 10.6 Å². The predicted molar refractivity (Wildman–Crippen MR) is 60.6 cm³/mol. The van der Waals surface area contributed by atoms with Gasteiger partial charge < -0.3 is 14.3 Å². The SMILES string of the molecule is OC(COc1cccc(Cl)c1)c1ccoc1. The average Bonchev–Trinajstić information content (AvgIpc) is 2.79. The zero-order valence-corrected chi connectivity index (χ0v) is 9.22. The lowest BCUT2D eigenvalue weighted by Gasteiger charge is -2.10. The van der Waals surface area contributed by atoms with Gasteiger partial charge in [0.2, 0.25) is 0 Å². The van der Waals surface area contributed by atoms with E-state index in [9.17, 15) is 5.11 Å². The van der Waals surface area contributed by atoms with Crippen LogP contribution in [-0.4, -0.2) is 11.7 Å². The number of furan rings is 1. The van der Waals surface area contributed by atoms with Crippen LogP contribution in [0.3, 0.4) is 0 Å². The molecule has 2 aromatic rings. The van der Waals surface area contributed by atoms with Gasteiger partial charge in [0.05, 0.1) is 12.5 Å². The van der Waals surface area contributed by atoms with Crippen molar-refractivity contribution in [3.8, 4) is 5.75 Å². The second-order valence-corrected chi connectivity index (χ2v) is 3.78. The number of ether oxygens (including phenoxy) is 1. The van der Waals surface area contributed by atoms with Gasteiger partial charge in [-0.15, -0.1) is 0 Å². The molecule has 1 atom stereocenters. The van der Waals surface area contributed by atoms with Crippen LogP contribution in [0.2, 0.25) is 5.02 Å². The predicted octanol–water partition coefficient (Wildman–Crippen LogP) is 3.05. The fourth-order valence-corrected chi connectivity index (χ4v) is 1.47. The van der Waals surface area contributed by atoms with Crippen LogP contribution in [-0.2, 0) is 0 Å². The Morgan fingerprint density at radius 3 is 2.94 bits per heavy atom. The van der Waals surface area contributed by atoms with Crippen LogP contribution in [0.4, 0.5) is 0 Å². The van der Waals surface area contributed by atoms with Crippen molar-refractivity contribution < 1.29 is 14.3 Å². The van der Waals surface area contributed by atoms with Crippen LogP contribution in [0.5, 0.6) is 5.75 Å². The Hall–Kier alpha value is -1.45. The fourth-order valence-electron chi connectivity index (χ4n) is 1.29. The number of rotatable bonds is 4. The van der Waals surface area contributed by atoms with Crippen molar-refractivity contribution in [3.63, 3.8) is 0 Å². The van der Waals surface area contributed by atoms with E-state index in [0.29, 0.717) is 16.3 Å². The molecule has 2 rings (SSSR count). The lowest BCUT2D eigenvalue weighted by Crippen LogP contribution is -2.08. The molecule has 3 nitrogen and oxygen atoms in total. The van der Waals surface area contributed by atoms with Crippen LogP contribution in [0.1, 0.15) is 11.7 Å². The minimum Gasteiger partial charge on any atom is -0.490 e. The molecule has 0 radical (unpaired) electrons. The van der Waals surface area contributed by atoms with E-state index < -0.39 is 6.10 Å². The van der Waals surface area contributed by atoms with Crippen molar-refractivity contribution in [3.05, 3.63) is 53.4 Å². The highest BCUT2D eigenvalue weighted by atomic mass is 35.5. The zero-order valence-electron chi connectivity index (χ0n) is 8.47. The van der Waals surface area contributed by atoms with Crippen molar-refractivity contribution in [2.45, 2.75) is 6.10 Å². The first-order chi connectivity index (χ1) is 7.75. The first-order valence-electron chi connectivity index (χ1n) is 4.84. The molecule has 16 heavy (non-hydrogen) atoms. The highest BCUT2D eigenvalue weighted by Crippen LogP contribution is 2.19. The molecular formula is C12H11ClO3. The van der Waals surface area contributed by atoms with Crippen molar-refractivity contribution in [1.82, 2.24) is 0 Å². The summed E-state index contributed by atoms with van der Waals surface area (Å²) in [6.45, 7) is 0.167. The van der Waals surface area contributed by atoms with Crippen LogP contribution in [0.15, 0.2) is 47.3 Å². The molecule has 1 aromatic heterocycles. The molecule has 0 bridgehead atoms. The van der Waals surface area contributed by atoms with Gasteiger partial charge in [-0.25, -0.2) is 0 Å². The third kappa shape index (κ3) is 2.78. The molecule has 0 aliphatic rings. The highest BCUT2D eigenvalue weighted by Gasteiger charge is 2.09. The molecule has 84 valence electrons. The van der Waals surface area contributed by atoms with Gasteiger partial charge in [0.15, 0.2) is 0 Å². The van der Waals surface area contributed by atoms with E-state index in [2.05, 4.69) is 0 Å². The van der Waals surface area contributed by atoms with E-state index in [0.717, 1.165) is 0 Å². The molecule has 0 aliphatic heterocycles. The maximum absolute atomic E-state index is 9.72. The smallest absolute Gasteiger partial charge is 0.120 e. The monoisotopic (exact) mass is 238 g/mol. The maximum atomic E-state index is 9.72. The van der Waals surface area contributed by atoms with Crippen molar-refractivity contribution >= 4 is 11.6 Å². The summed E-state index contributed by atoms with van der Waals surface area (Å²) in [5.74, 6) is 0.634. The number of hydrogen-bond donors (Lipinski definition) is 1. The second-order valence-electron chi connectivity index (χ2n) is 3.34. The zero-order chi connectivity index (χ0) is 11.4. The van der Waals surface area contributed by atoms with Gasteiger partial charge in [-0.2, -0.15) is 0 Å². The largest absolute Gasteiger partial charge is 0.490 e. The molecule has 0 amide bonds. The van der Waals surface area contributed by atoms with Gasteiger partial charge in [-0.3, -0.25) is 0 Å². The Labute approximate surface area is 98.2 Å². The number of benzene rings is 1. The Balaban J connectivity index is 1.92. The minimum absolute atomic E-state index is 0.167. The summed E-state index contributed by atoms with van der Waals surface area (Å²) in [7, 11) is 0. The summed E-state index contributed by atoms with van der Waals surface area (Å²) in [6.07, 6.45) is 2.31. The van der Waals surface area contributed by atoms with Crippen LogP contribution >= 0.6 is 11.6 Å². The van der Waals surface area contributed by atoms with Crippen molar-refractivity contribution in [2.24, 2.45) is 0 Å². The molecule has 4 heteroatoms. The van der Waals surface area contributed by atoms with Gasteiger partial charge in [-0.05, 0) is 24.3 Å². The standard InChI is InChI=1S/C12H11ClO3/c13-10-2-1-3-11(6-10)16-8-12(14)9-4-5-15-7-9/h1-7,12,14H,8H2. The summed E-state index contributed by atoms with van der Waals surface area (Å²) in [4.78, 5) is 0. The number of aliphatic hydroxyl groups is 1. The average molecular weight is 239 g/mol. The van der Waals surface area contributed by atoms with Gasteiger partial charge in [0.1, 0.15) is 18.5 Å². The van der Waals surface area contributed by atoms with E-state index in [4.69, 9.17) is 20.8 Å². The molecule has 0 fully saturated rings. The molecule has 0 saturated carbocycles. The summed E-state index contributed by atoms with van der Waals surface area (Å²) in [5, 5.41) is 10.3. The fraction of sp³-hybridized carbons (Fsp3) is 0.167. The first kappa shape index (κ1) is 11.0. The quantitative estimate of drug-likeness (QED) is 0.890. The molecule has 0 saturated heterocycles. The summed E-state index contributed by atoms with van der Waals surface area (Å²) in [6, 6.07) is 8.74. The van der Waals surface area contributed by atoms with Crippen molar-refractivity contribution in [2.75, 3.05) is 6.61 Å². The summed E-state index contributed by atoms with van der Waals surface area (Å²) in [5.41, 5.74) is 0.696. The number of aliphatic hydroxyl groups excluding tert-OH is 1. The Bertz CT molecular complexity index is 439. The molecule has 1 heterocycles. The molecule has 1 unspecified atom stereocenters. The van der Waals surface area contributed by atoms with E-state index in [1.54, 1.807) is 30.3 Å². The van der Waals surface area contributed by atoms with Gasteiger partial charge in [-0.1, -0.05) is 17.7 Å². The lowest BCUT2D eigenvalue weighted by molar-refractivity contribution is 0.107. The highest BCUT2D eigenvalue weighted by molar-refractivity contribution is 6.30. The maximum Gasteiger partial charge on any atom is 0.120 e. The van der Waals surface area contributed by atoms with E-state index >= 15 is 0 Å². The number of hydrogen-bond acceptors (Lipinski definition) is 3. The van der Waals surface area contributed by atoms with Crippen LogP contribution in [0, 0.1) is 0 Å². The summed E-state index contributed by atoms with van der Waals surface area (Å²) >= 11 is 5.80. The lowest BCUT2D eigenvalue weighted by atomic mass is 10.2. The van der Waals surface area contributed by atoms with Gasteiger partial charge in [0.25, 0.3) is 0 Å². The minimum atomic E-state index is -0.697. The molecule has 0 spiro atoms. The first-order valence-corrected chi connectivity index (χ1v) is 5.22. The topological polar surface area (TPSA) is 42.6 Å². The van der Waals surface area contributed by atoms with E-state index in [1.807, 2.05) is 0 Å². The molecule has 1 N–H and O–H groups in total. The second kappa shape index (κ2) is 5.05. The molecule has 1 aromatic carbocycles. The van der Waals surface area contributed by atoms with Gasteiger partial charge >= 0.3 is 0 Å². The number of halogens is 1. The van der Waals surface area contributed by atoms with Crippen molar-refractivity contribution in [1.29, 1.82) is 0 Å². The third-order valence-corrected chi connectivity index (χ3v) is 2.37. The molecule has 0 aliphatic carbocycles.